The average molecular weight is 490 g/mol. The normalized spacial score (nSPS) is 19.8. The lowest BCUT2D eigenvalue weighted by molar-refractivity contribution is -0.145. The van der Waals surface area contributed by atoms with Crippen LogP contribution in [0.15, 0.2) is 77.8 Å². The Balaban J connectivity index is 1.63. The molecule has 2 aromatic rings. The molecule has 2 heterocycles. The second-order valence-electron chi connectivity index (χ2n) is 8.55. The van der Waals surface area contributed by atoms with Crippen molar-refractivity contribution < 1.29 is 29.0 Å². The summed E-state index contributed by atoms with van der Waals surface area (Å²) in [5.74, 6) is -2.16. The number of esters is 1. The van der Waals surface area contributed by atoms with E-state index in [0.29, 0.717) is 42.6 Å². The first-order valence-electron chi connectivity index (χ1n) is 11.6. The summed E-state index contributed by atoms with van der Waals surface area (Å²) >= 11 is 0. The van der Waals surface area contributed by atoms with Crippen LogP contribution in [0.5, 0.6) is 0 Å². The molecule has 9 heteroatoms. The first kappa shape index (κ1) is 25.2. The predicted octanol–water partition coefficient (Wildman–Crippen LogP) is 2.68. The van der Waals surface area contributed by atoms with E-state index in [1.165, 1.54) is 19.2 Å². The minimum atomic E-state index is -2.03. The zero-order valence-electron chi connectivity index (χ0n) is 20.1. The third-order valence-electron chi connectivity index (χ3n) is 5.98. The highest BCUT2D eigenvalue weighted by molar-refractivity contribution is 6.26. The molecule has 2 aliphatic rings. The lowest BCUT2D eigenvalue weighted by Gasteiger charge is -2.34. The van der Waals surface area contributed by atoms with Crippen LogP contribution in [-0.2, 0) is 19.1 Å². The highest BCUT2D eigenvalue weighted by atomic mass is 16.6. The fourth-order valence-corrected chi connectivity index (χ4v) is 3.97. The Hall–Kier alpha value is -3.95. The van der Waals surface area contributed by atoms with Crippen LogP contribution in [0.2, 0.25) is 0 Å². The van der Waals surface area contributed by atoms with Crippen LogP contribution >= 0.6 is 0 Å². The van der Waals surface area contributed by atoms with Crippen molar-refractivity contribution >= 4 is 28.6 Å². The van der Waals surface area contributed by atoms with Crippen LogP contribution in [0.3, 0.4) is 0 Å². The van der Waals surface area contributed by atoms with Gasteiger partial charge in [0.1, 0.15) is 0 Å². The number of benzene rings is 1. The summed E-state index contributed by atoms with van der Waals surface area (Å²) in [6, 6.07) is 7.03. The highest BCUT2D eigenvalue weighted by Crippen LogP contribution is 2.35. The lowest BCUT2D eigenvalue weighted by atomic mass is 9.79. The molecule has 0 fully saturated rings. The summed E-state index contributed by atoms with van der Waals surface area (Å²) in [5, 5.41) is 9.16. The first-order valence-corrected chi connectivity index (χ1v) is 11.6. The van der Waals surface area contributed by atoms with Gasteiger partial charge in [-0.05, 0) is 55.7 Å². The second-order valence-corrected chi connectivity index (χ2v) is 8.55. The quantitative estimate of drug-likeness (QED) is 0.322. The third-order valence-corrected chi connectivity index (χ3v) is 5.98. The summed E-state index contributed by atoms with van der Waals surface area (Å²) < 4.78 is 10.6. The maximum atomic E-state index is 13.5. The molecule has 1 atom stereocenters. The van der Waals surface area contributed by atoms with Crippen LogP contribution in [0, 0.1) is 0 Å². The molecule has 1 unspecified atom stereocenters. The van der Waals surface area contributed by atoms with Crippen molar-refractivity contribution in [1.29, 1.82) is 0 Å². The number of fused-ring (bicyclic) bond motifs is 2. The number of Topliss-reactive ketones (excluding diaryl/α,β-unsaturated/α-hetero) is 1. The Morgan fingerprint density at radius 2 is 1.94 bits per heavy atom. The van der Waals surface area contributed by atoms with Crippen molar-refractivity contribution in [2.45, 2.75) is 25.4 Å². The van der Waals surface area contributed by atoms with Crippen molar-refractivity contribution in [2.75, 3.05) is 26.9 Å². The molecule has 0 amide bonds. The number of hydrogen-bond donors (Lipinski definition) is 1. The Kier molecular flexibility index (Phi) is 7.52. The van der Waals surface area contributed by atoms with Crippen molar-refractivity contribution in [3.05, 3.63) is 83.5 Å². The zero-order valence-corrected chi connectivity index (χ0v) is 20.1. The fraction of sp³-hybridized carbons (Fsp3) is 0.296. The van der Waals surface area contributed by atoms with Gasteiger partial charge >= 0.3 is 5.97 Å². The van der Waals surface area contributed by atoms with E-state index in [-0.39, 0.29) is 17.9 Å². The molecule has 1 N–H and O–H groups in total. The predicted molar refractivity (Wildman–Crippen MR) is 132 cm³/mol. The molecule has 36 heavy (non-hydrogen) atoms. The van der Waals surface area contributed by atoms with E-state index in [4.69, 9.17) is 14.6 Å². The van der Waals surface area contributed by atoms with Gasteiger partial charge in [0.05, 0.1) is 23.8 Å². The second kappa shape index (κ2) is 10.8. The van der Waals surface area contributed by atoms with Crippen LogP contribution in [0.4, 0.5) is 0 Å². The number of aromatic nitrogens is 2. The fourth-order valence-electron chi connectivity index (χ4n) is 3.97. The van der Waals surface area contributed by atoms with Gasteiger partial charge in [-0.15, -0.1) is 0 Å². The number of carbonyl (C=O) groups is 3. The smallest absolute Gasteiger partial charge is 0.360 e. The standard InChI is InChI=1S/C27H27N3O6/c1-27(36-26(34)23-16-28-21-9-3-4-10-22(21)29-23)24(32)15-18-14-19(8-7-13-35-2)30(11-5-6-12-31)17-20(18)25(27)33/h3-4,7-10,14-17,31H,5-6,11-13H2,1-2H3. The molecule has 9 nitrogen and oxygen atoms in total. The molecule has 186 valence electrons. The van der Waals surface area contributed by atoms with E-state index in [1.807, 2.05) is 17.1 Å². The van der Waals surface area contributed by atoms with E-state index in [2.05, 4.69) is 9.97 Å². The highest BCUT2D eigenvalue weighted by Gasteiger charge is 2.49. The van der Waals surface area contributed by atoms with E-state index < -0.39 is 23.1 Å². The first-order chi connectivity index (χ1) is 17.4. The monoisotopic (exact) mass is 489 g/mol. The molecule has 1 aromatic carbocycles. The summed E-state index contributed by atoms with van der Waals surface area (Å²) in [5.41, 5.74) is 0.448. The van der Waals surface area contributed by atoms with Gasteiger partial charge in [-0.1, -0.05) is 18.2 Å². The Labute approximate surface area is 208 Å². The van der Waals surface area contributed by atoms with Crippen molar-refractivity contribution in [2.24, 2.45) is 0 Å². The number of nitrogens with zero attached hydrogens (tertiary/aromatic N) is 3. The Morgan fingerprint density at radius 3 is 2.69 bits per heavy atom. The number of ketones is 2. The molecule has 1 aliphatic carbocycles. The average Bonchev–Trinajstić information content (AvgIpc) is 2.88. The van der Waals surface area contributed by atoms with Crippen molar-refractivity contribution in [1.82, 2.24) is 14.9 Å². The minimum absolute atomic E-state index is 0.0627. The SMILES string of the molecule is COCC=CC1=CC2=CC(=O)C(C)(OC(=O)c3cnc4ccccc4n3)C(=O)C2=CN1CCCCO. The van der Waals surface area contributed by atoms with Gasteiger partial charge in [0, 0.05) is 37.7 Å². The van der Waals surface area contributed by atoms with E-state index in [9.17, 15) is 14.4 Å². The maximum Gasteiger partial charge on any atom is 0.360 e. The van der Waals surface area contributed by atoms with Gasteiger partial charge in [-0.2, -0.15) is 0 Å². The van der Waals surface area contributed by atoms with E-state index >= 15 is 0 Å². The summed E-state index contributed by atoms with van der Waals surface area (Å²) in [4.78, 5) is 49.9. The molecule has 0 spiro atoms. The molecule has 0 bridgehead atoms. The topological polar surface area (TPSA) is 119 Å². The van der Waals surface area contributed by atoms with Crippen molar-refractivity contribution in [3.63, 3.8) is 0 Å². The number of unbranched alkanes of at least 4 members (excludes halogenated alkanes) is 1. The van der Waals surface area contributed by atoms with Crippen LogP contribution in [0.1, 0.15) is 30.3 Å². The third kappa shape index (κ3) is 5.02. The largest absolute Gasteiger partial charge is 0.438 e. The number of para-hydroxylation sites is 2. The Bertz CT molecular complexity index is 1330. The number of carbonyl (C=O) groups excluding carboxylic acids is 3. The molecule has 0 radical (unpaired) electrons. The molecule has 0 saturated heterocycles. The number of rotatable bonds is 9. The van der Waals surface area contributed by atoms with E-state index in [1.54, 1.807) is 43.7 Å². The molecule has 0 saturated carbocycles. The van der Waals surface area contributed by atoms with Crippen LogP contribution in [0.25, 0.3) is 11.0 Å². The minimum Gasteiger partial charge on any atom is -0.438 e. The molecule has 1 aromatic heterocycles. The number of hydrogen-bond acceptors (Lipinski definition) is 9. The summed E-state index contributed by atoms with van der Waals surface area (Å²) in [7, 11) is 1.59. The number of aliphatic hydroxyl groups excluding tert-OH is 1. The van der Waals surface area contributed by atoms with Crippen LogP contribution in [-0.4, -0.2) is 70.0 Å². The zero-order chi connectivity index (χ0) is 25.7. The number of aliphatic hydroxyl groups is 1. The molecule has 4 rings (SSSR count). The van der Waals surface area contributed by atoms with Gasteiger partial charge in [0.2, 0.25) is 17.2 Å². The summed E-state index contributed by atoms with van der Waals surface area (Å²) in [6.45, 7) is 2.31. The van der Waals surface area contributed by atoms with Gasteiger partial charge < -0.3 is 19.5 Å². The van der Waals surface area contributed by atoms with Gasteiger partial charge in [-0.25, -0.2) is 9.78 Å². The number of methoxy groups -OCH3 is 1. The lowest BCUT2D eigenvalue weighted by Crippen LogP contribution is -2.51. The summed E-state index contributed by atoms with van der Waals surface area (Å²) in [6.07, 6.45) is 10.9. The molecule has 1 aliphatic heterocycles. The van der Waals surface area contributed by atoms with Crippen molar-refractivity contribution in [3.8, 4) is 0 Å². The molecular weight excluding hydrogens is 462 g/mol. The maximum absolute atomic E-state index is 13.5. The Morgan fingerprint density at radius 1 is 1.17 bits per heavy atom. The molecular formula is C27H27N3O6. The number of allylic oxidation sites excluding steroid dienone is 3. The van der Waals surface area contributed by atoms with Gasteiger partial charge in [0.25, 0.3) is 0 Å². The van der Waals surface area contributed by atoms with Gasteiger partial charge in [-0.3, -0.25) is 14.6 Å². The number of ether oxygens (including phenoxy) is 2. The van der Waals surface area contributed by atoms with Crippen LogP contribution < -0.4 is 0 Å². The van der Waals surface area contributed by atoms with Gasteiger partial charge in [0.15, 0.2) is 5.69 Å². The van der Waals surface area contributed by atoms with E-state index in [0.717, 1.165) is 5.70 Å².